The molecule has 0 aromatic heterocycles. The molecular weight excluding hydrogens is 330 g/mol. The SMILES string of the molecule is CCNC(=NCCCOc1ccc(C)cc1)N1CCC(C(=O)OC)CC1. The quantitative estimate of drug-likeness (QED) is 0.350. The van der Waals surface area contributed by atoms with Crippen LogP contribution < -0.4 is 10.1 Å². The van der Waals surface area contributed by atoms with Crippen molar-refractivity contribution in [3.63, 3.8) is 0 Å². The fourth-order valence-electron chi connectivity index (χ4n) is 2.99. The molecule has 0 atom stereocenters. The monoisotopic (exact) mass is 361 g/mol. The number of nitrogens with zero attached hydrogens (tertiary/aromatic N) is 2. The molecule has 0 spiro atoms. The summed E-state index contributed by atoms with van der Waals surface area (Å²) in [7, 11) is 1.46. The van der Waals surface area contributed by atoms with Gasteiger partial charge in [-0.15, -0.1) is 0 Å². The van der Waals surface area contributed by atoms with E-state index >= 15 is 0 Å². The number of esters is 1. The number of methoxy groups -OCH3 is 1. The number of piperidine rings is 1. The maximum Gasteiger partial charge on any atom is 0.308 e. The van der Waals surface area contributed by atoms with E-state index in [0.29, 0.717) is 13.2 Å². The molecule has 1 aromatic carbocycles. The van der Waals surface area contributed by atoms with Gasteiger partial charge in [0.2, 0.25) is 0 Å². The third-order valence-corrected chi connectivity index (χ3v) is 4.52. The van der Waals surface area contributed by atoms with Gasteiger partial charge in [0.1, 0.15) is 5.75 Å². The third-order valence-electron chi connectivity index (χ3n) is 4.52. The number of hydrogen-bond acceptors (Lipinski definition) is 4. The number of guanidine groups is 1. The lowest BCUT2D eigenvalue weighted by Crippen LogP contribution is -2.46. The second-order valence-corrected chi connectivity index (χ2v) is 6.54. The number of carbonyl (C=O) groups excluding carboxylic acids is 1. The smallest absolute Gasteiger partial charge is 0.308 e. The molecule has 26 heavy (non-hydrogen) atoms. The molecule has 1 aliphatic heterocycles. The van der Waals surface area contributed by atoms with Gasteiger partial charge in [-0.3, -0.25) is 9.79 Å². The molecular formula is C20H31N3O3. The summed E-state index contributed by atoms with van der Waals surface area (Å²) in [6, 6.07) is 8.09. The number of nitrogens with one attached hydrogen (secondary N) is 1. The lowest BCUT2D eigenvalue weighted by Gasteiger charge is -2.33. The van der Waals surface area contributed by atoms with E-state index in [0.717, 1.165) is 50.6 Å². The number of aliphatic imine (C=N–C) groups is 1. The first-order chi connectivity index (χ1) is 12.6. The second kappa shape index (κ2) is 10.7. The predicted octanol–water partition coefficient (Wildman–Crippen LogP) is 2.61. The zero-order valence-corrected chi connectivity index (χ0v) is 16.2. The molecule has 2 rings (SSSR count). The molecule has 0 aliphatic carbocycles. The van der Waals surface area contributed by atoms with Gasteiger partial charge in [-0.2, -0.15) is 0 Å². The predicted molar refractivity (Wildman–Crippen MR) is 104 cm³/mol. The van der Waals surface area contributed by atoms with Gasteiger partial charge >= 0.3 is 5.97 Å². The molecule has 1 aromatic rings. The Bertz CT molecular complexity index is 578. The van der Waals surface area contributed by atoms with E-state index in [1.165, 1.54) is 12.7 Å². The van der Waals surface area contributed by atoms with Crippen molar-refractivity contribution in [3.05, 3.63) is 29.8 Å². The van der Waals surface area contributed by atoms with Crippen LogP contribution in [0.3, 0.4) is 0 Å². The summed E-state index contributed by atoms with van der Waals surface area (Å²) < 4.78 is 10.6. The van der Waals surface area contributed by atoms with Gasteiger partial charge in [0.05, 0.1) is 19.6 Å². The minimum Gasteiger partial charge on any atom is -0.494 e. The van der Waals surface area contributed by atoms with E-state index in [4.69, 9.17) is 14.5 Å². The first-order valence-electron chi connectivity index (χ1n) is 9.44. The van der Waals surface area contributed by atoms with Gasteiger partial charge in [0.15, 0.2) is 5.96 Å². The standard InChI is InChI=1S/C20H31N3O3/c1-4-21-20(23-13-10-17(11-14-23)19(24)25-3)22-12-5-15-26-18-8-6-16(2)7-9-18/h6-9,17H,4-5,10-15H2,1-3H3,(H,21,22). The zero-order valence-electron chi connectivity index (χ0n) is 16.2. The van der Waals surface area contributed by atoms with Gasteiger partial charge in [-0.1, -0.05) is 17.7 Å². The highest BCUT2D eigenvalue weighted by Crippen LogP contribution is 2.18. The molecule has 0 amide bonds. The Morgan fingerprint density at radius 2 is 1.96 bits per heavy atom. The van der Waals surface area contributed by atoms with Crippen LogP contribution in [0.15, 0.2) is 29.3 Å². The summed E-state index contributed by atoms with van der Waals surface area (Å²) in [5.74, 6) is 1.74. The largest absolute Gasteiger partial charge is 0.494 e. The molecule has 144 valence electrons. The van der Waals surface area contributed by atoms with Crippen molar-refractivity contribution in [2.75, 3.05) is 39.9 Å². The minimum absolute atomic E-state index is 0.0158. The Kier molecular flexibility index (Phi) is 8.25. The van der Waals surface area contributed by atoms with Crippen LogP contribution in [0.1, 0.15) is 31.7 Å². The number of likely N-dealkylation sites (tertiary alicyclic amines) is 1. The summed E-state index contributed by atoms with van der Waals surface area (Å²) >= 11 is 0. The summed E-state index contributed by atoms with van der Waals surface area (Å²) in [5, 5.41) is 3.34. The number of ether oxygens (including phenoxy) is 2. The highest BCUT2D eigenvalue weighted by atomic mass is 16.5. The van der Waals surface area contributed by atoms with E-state index in [1.807, 2.05) is 12.1 Å². The first kappa shape index (κ1) is 20.1. The van der Waals surface area contributed by atoms with Gasteiger partial charge in [-0.05, 0) is 38.8 Å². The number of rotatable bonds is 7. The number of benzene rings is 1. The molecule has 0 bridgehead atoms. The second-order valence-electron chi connectivity index (χ2n) is 6.54. The van der Waals surface area contributed by atoms with Crippen LogP contribution in [0.25, 0.3) is 0 Å². The number of hydrogen-bond donors (Lipinski definition) is 1. The average Bonchev–Trinajstić information content (AvgIpc) is 2.68. The molecule has 0 saturated carbocycles. The Labute approximate surface area is 156 Å². The van der Waals surface area contributed by atoms with Crippen molar-refractivity contribution in [2.45, 2.75) is 33.1 Å². The van der Waals surface area contributed by atoms with E-state index in [9.17, 15) is 4.79 Å². The Balaban J connectivity index is 1.75. The Morgan fingerprint density at radius 3 is 2.58 bits per heavy atom. The normalized spacial score (nSPS) is 15.7. The van der Waals surface area contributed by atoms with Crippen molar-refractivity contribution < 1.29 is 14.3 Å². The van der Waals surface area contributed by atoms with Gasteiger partial charge in [0, 0.05) is 32.6 Å². The fourth-order valence-corrected chi connectivity index (χ4v) is 2.99. The average molecular weight is 361 g/mol. The van der Waals surface area contributed by atoms with Crippen LogP contribution in [0.5, 0.6) is 5.75 Å². The minimum atomic E-state index is -0.0974. The van der Waals surface area contributed by atoms with Crippen LogP contribution in [0.2, 0.25) is 0 Å². The van der Waals surface area contributed by atoms with Crippen LogP contribution in [0, 0.1) is 12.8 Å². The molecule has 0 unspecified atom stereocenters. The third kappa shape index (κ3) is 6.24. The maximum absolute atomic E-state index is 11.6. The molecule has 1 fully saturated rings. The van der Waals surface area contributed by atoms with E-state index < -0.39 is 0 Å². The maximum atomic E-state index is 11.6. The number of aryl methyl sites for hydroxylation is 1. The van der Waals surface area contributed by atoms with Crippen molar-refractivity contribution in [2.24, 2.45) is 10.9 Å². The van der Waals surface area contributed by atoms with Crippen molar-refractivity contribution in [1.29, 1.82) is 0 Å². The van der Waals surface area contributed by atoms with E-state index in [2.05, 4.69) is 36.2 Å². The molecule has 1 aliphatic rings. The first-order valence-corrected chi connectivity index (χ1v) is 9.44. The molecule has 1 N–H and O–H groups in total. The highest BCUT2D eigenvalue weighted by Gasteiger charge is 2.26. The molecule has 6 nitrogen and oxygen atoms in total. The number of carbonyl (C=O) groups is 1. The lowest BCUT2D eigenvalue weighted by molar-refractivity contribution is -0.146. The van der Waals surface area contributed by atoms with Gasteiger partial charge in [0.25, 0.3) is 0 Å². The van der Waals surface area contributed by atoms with Gasteiger partial charge in [-0.25, -0.2) is 0 Å². The summed E-state index contributed by atoms with van der Waals surface area (Å²) in [5.41, 5.74) is 1.23. The van der Waals surface area contributed by atoms with Gasteiger partial charge < -0.3 is 19.7 Å². The highest BCUT2D eigenvalue weighted by molar-refractivity contribution is 5.80. The van der Waals surface area contributed by atoms with Crippen molar-refractivity contribution >= 4 is 11.9 Å². The topological polar surface area (TPSA) is 63.2 Å². The van der Waals surface area contributed by atoms with Crippen molar-refractivity contribution in [3.8, 4) is 5.75 Å². The summed E-state index contributed by atoms with van der Waals surface area (Å²) in [6.45, 7) is 7.97. The van der Waals surface area contributed by atoms with Crippen LogP contribution in [0.4, 0.5) is 0 Å². The van der Waals surface area contributed by atoms with Crippen molar-refractivity contribution in [1.82, 2.24) is 10.2 Å². The fraction of sp³-hybridized carbons (Fsp3) is 0.600. The molecule has 0 radical (unpaired) electrons. The molecule has 6 heteroatoms. The van der Waals surface area contributed by atoms with Crippen LogP contribution >= 0.6 is 0 Å². The zero-order chi connectivity index (χ0) is 18.8. The summed E-state index contributed by atoms with van der Waals surface area (Å²) in [6.07, 6.45) is 2.49. The lowest BCUT2D eigenvalue weighted by atomic mass is 9.97. The van der Waals surface area contributed by atoms with Crippen LogP contribution in [-0.2, 0) is 9.53 Å². The molecule has 1 heterocycles. The Morgan fingerprint density at radius 1 is 1.27 bits per heavy atom. The Hall–Kier alpha value is -2.24. The summed E-state index contributed by atoms with van der Waals surface area (Å²) in [4.78, 5) is 18.6. The molecule has 1 saturated heterocycles. The van der Waals surface area contributed by atoms with Crippen LogP contribution in [-0.4, -0.2) is 56.7 Å². The van der Waals surface area contributed by atoms with E-state index in [1.54, 1.807) is 0 Å². The van der Waals surface area contributed by atoms with E-state index in [-0.39, 0.29) is 11.9 Å².